The zero-order valence-electron chi connectivity index (χ0n) is 38.0. The monoisotopic (exact) mass is 831 g/mol. The summed E-state index contributed by atoms with van der Waals surface area (Å²) in [6.07, 6.45) is 33.5. The van der Waals surface area contributed by atoms with Crippen molar-refractivity contribution in [2.24, 2.45) is 28.7 Å². The highest BCUT2D eigenvalue weighted by Crippen LogP contribution is 2.50. The number of allylic oxidation sites excluding steroid dienone is 17. The van der Waals surface area contributed by atoms with Crippen molar-refractivity contribution < 1.29 is 0 Å². The molecule has 318 valence electrons. The van der Waals surface area contributed by atoms with Gasteiger partial charge in [-0.1, -0.05) is 227 Å². The fourth-order valence-electron chi connectivity index (χ4n) is 10.8. The lowest BCUT2D eigenvalue weighted by molar-refractivity contribution is 0.416. The van der Waals surface area contributed by atoms with Gasteiger partial charge in [-0.2, -0.15) is 0 Å². The van der Waals surface area contributed by atoms with Gasteiger partial charge in [-0.25, -0.2) is 0 Å². The Balaban J connectivity index is 1.01. The van der Waals surface area contributed by atoms with Crippen molar-refractivity contribution in [2.75, 3.05) is 0 Å². The summed E-state index contributed by atoms with van der Waals surface area (Å²) in [7, 11) is 0. The minimum atomic E-state index is -0.170. The topological polar surface area (TPSA) is 12.4 Å². The highest BCUT2D eigenvalue weighted by Gasteiger charge is 2.40. The van der Waals surface area contributed by atoms with E-state index in [-0.39, 0.29) is 23.2 Å². The second-order valence-corrected chi connectivity index (χ2v) is 18.4. The molecule has 0 heterocycles. The second-order valence-electron chi connectivity index (χ2n) is 18.4. The third kappa shape index (κ3) is 8.69. The lowest BCUT2D eigenvalue weighted by Gasteiger charge is -2.41. The average molecular weight is 832 g/mol. The molecule has 0 aliphatic heterocycles. The van der Waals surface area contributed by atoms with Crippen molar-refractivity contribution in [3.63, 3.8) is 0 Å². The second kappa shape index (κ2) is 19.0. The lowest BCUT2D eigenvalue weighted by atomic mass is 9.62. The Kier molecular flexibility index (Phi) is 12.7. The normalized spacial score (nSPS) is 25.1. The summed E-state index contributed by atoms with van der Waals surface area (Å²) in [6, 6.07) is 48.2. The quantitative estimate of drug-likeness (QED) is 0.124. The fraction of sp³-hybridized carbons (Fsp3) is 0.222. The third-order valence-corrected chi connectivity index (χ3v) is 14.6. The summed E-state index contributed by atoms with van der Waals surface area (Å²) in [5.41, 5.74) is 18.1. The Bertz CT molecular complexity index is 2780. The SMILES string of the molecule is C=N/C(=C\C(C1=CC(C2=CCC(C3=C/C(C)C(C)(c4ccccc4-c4ccccc4C)C4=C(C=CCC4)C/C=C\3)C=C2)C(C)C=C1)c1ccccc1)c1ccc(-c2ccccc2)cc1. The molecule has 0 aromatic heterocycles. The number of hydrogen-bond acceptors (Lipinski definition) is 1. The van der Waals surface area contributed by atoms with Crippen molar-refractivity contribution in [3.8, 4) is 22.3 Å². The van der Waals surface area contributed by atoms with Gasteiger partial charge in [0.25, 0.3) is 0 Å². The maximum Gasteiger partial charge on any atom is 0.0664 e. The summed E-state index contributed by atoms with van der Waals surface area (Å²) in [5, 5.41) is 0. The number of hydrogen-bond donors (Lipinski definition) is 0. The van der Waals surface area contributed by atoms with Gasteiger partial charge in [-0.15, -0.1) is 0 Å². The van der Waals surface area contributed by atoms with Gasteiger partial charge in [-0.3, -0.25) is 4.99 Å². The van der Waals surface area contributed by atoms with Gasteiger partial charge in [-0.05, 0) is 124 Å². The van der Waals surface area contributed by atoms with Gasteiger partial charge >= 0.3 is 0 Å². The minimum Gasteiger partial charge on any atom is -0.264 e. The van der Waals surface area contributed by atoms with Crippen LogP contribution in [0, 0.1) is 30.6 Å². The van der Waals surface area contributed by atoms with Crippen molar-refractivity contribution >= 4 is 12.4 Å². The van der Waals surface area contributed by atoms with Crippen molar-refractivity contribution in [2.45, 2.75) is 64.7 Å². The predicted molar refractivity (Wildman–Crippen MR) is 274 cm³/mol. The summed E-state index contributed by atoms with van der Waals surface area (Å²) in [6.45, 7) is 13.7. The van der Waals surface area contributed by atoms with E-state index in [0.29, 0.717) is 11.8 Å². The van der Waals surface area contributed by atoms with Crippen LogP contribution in [-0.4, -0.2) is 6.72 Å². The first-order valence-corrected chi connectivity index (χ1v) is 23.4. The molecular weight excluding hydrogens is 771 g/mol. The largest absolute Gasteiger partial charge is 0.264 e. The van der Waals surface area contributed by atoms with Crippen molar-refractivity contribution in [1.82, 2.24) is 0 Å². The number of aryl methyl sites for hydroxylation is 1. The molecule has 0 spiro atoms. The first kappa shape index (κ1) is 42.7. The molecular formula is C63H61N. The van der Waals surface area contributed by atoms with Crippen LogP contribution in [0.5, 0.6) is 0 Å². The van der Waals surface area contributed by atoms with E-state index < -0.39 is 0 Å². The van der Waals surface area contributed by atoms with Crippen molar-refractivity contribution in [3.05, 3.63) is 256 Å². The molecule has 6 unspecified atom stereocenters. The average Bonchev–Trinajstić information content (AvgIpc) is 3.40. The van der Waals surface area contributed by atoms with E-state index in [4.69, 9.17) is 0 Å². The highest BCUT2D eigenvalue weighted by molar-refractivity contribution is 5.75. The molecule has 6 atom stereocenters. The molecule has 64 heavy (non-hydrogen) atoms. The van der Waals surface area contributed by atoms with Crippen LogP contribution < -0.4 is 0 Å². The minimum absolute atomic E-state index is 0.0258. The van der Waals surface area contributed by atoms with E-state index >= 15 is 0 Å². The Morgan fingerprint density at radius 2 is 1.41 bits per heavy atom. The van der Waals surface area contributed by atoms with Gasteiger partial charge < -0.3 is 0 Å². The molecule has 0 fully saturated rings. The maximum atomic E-state index is 4.61. The standard InChI is InChI=1S/C63H61N/c1-44-19-12-14-27-56(44)57-28-15-17-30-61(57)63(4)46(3)41-54(26-18-25-52-24-13-16-29-60(52)63)49-33-37-51(38-34-49)58-42-55(32-31-45(58)2)59(50-22-10-7-11-23-50)43-62(64-5)53-39-35-48(36-40-53)47-20-8-6-9-21-47/h6-15,17-24,26-28,30-33,35-43,45-46,49,58-59H,5,16,25,29,34H2,1-4H3/b26-18-,54-41+,62-43-. The number of rotatable bonds is 10. The summed E-state index contributed by atoms with van der Waals surface area (Å²) in [4.78, 5) is 4.61. The van der Waals surface area contributed by atoms with Crippen LogP contribution in [0.25, 0.3) is 28.0 Å². The van der Waals surface area contributed by atoms with E-state index in [1.807, 2.05) is 0 Å². The molecule has 5 aromatic rings. The summed E-state index contributed by atoms with van der Waals surface area (Å²) >= 11 is 0. The van der Waals surface area contributed by atoms with Gasteiger partial charge in [0.1, 0.15) is 0 Å². The maximum absolute atomic E-state index is 4.61. The summed E-state index contributed by atoms with van der Waals surface area (Å²) < 4.78 is 0. The first-order chi connectivity index (χ1) is 31.3. The van der Waals surface area contributed by atoms with Crippen molar-refractivity contribution in [1.29, 1.82) is 0 Å². The Labute approximate surface area is 382 Å². The third-order valence-electron chi connectivity index (χ3n) is 14.6. The molecule has 4 aliphatic carbocycles. The molecule has 0 radical (unpaired) electrons. The van der Waals surface area contributed by atoms with E-state index in [9.17, 15) is 0 Å². The Hall–Kier alpha value is -6.57. The lowest BCUT2D eigenvalue weighted by Crippen LogP contribution is -2.34. The molecule has 0 bridgehead atoms. The Morgan fingerprint density at radius 1 is 0.703 bits per heavy atom. The van der Waals surface area contributed by atoms with Crippen LogP contribution >= 0.6 is 0 Å². The number of nitrogens with zero attached hydrogens (tertiary/aromatic N) is 1. The molecule has 9 rings (SSSR count). The predicted octanol–water partition coefficient (Wildman–Crippen LogP) is 16.5. The molecule has 5 aromatic carbocycles. The zero-order chi connectivity index (χ0) is 44.0. The van der Waals surface area contributed by atoms with Gasteiger partial charge in [0.05, 0.1) is 5.70 Å². The molecule has 0 saturated heterocycles. The summed E-state index contributed by atoms with van der Waals surface area (Å²) in [5.74, 6) is 1.27. The van der Waals surface area contributed by atoms with Crippen LogP contribution in [-0.2, 0) is 5.41 Å². The van der Waals surface area contributed by atoms with Crippen LogP contribution in [0.2, 0.25) is 0 Å². The van der Waals surface area contributed by atoms with E-state index in [1.54, 1.807) is 5.57 Å². The van der Waals surface area contributed by atoms with E-state index in [1.165, 1.54) is 61.2 Å². The molecule has 0 N–H and O–H groups in total. The zero-order valence-corrected chi connectivity index (χ0v) is 38.0. The molecule has 0 saturated carbocycles. The first-order valence-electron chi connectivity index (χ1n) is 23.4. The number of benzene rings is 5. The van der Waals surface area contributed by atoms with Crippen LogP contribution in [0.15, 0.2) is 239 Å². The van der Waals surface area contributed by atoms with E-state index in [2.05, 4.69) is 246 Å². The highest BCUT2D eigenvalue weighted by atomic mass is 14.7. The van der Waals surface area contributed by atoms with Gasteiger partial charge in [0.2, 0.25) is 0 Å². The van der Waals surface area contributed by atoms with Crippen LogP contribution in [0.3, 0.4) is 0 Å². The Morgan fingerprint density at radius 3 is 2.14 bits per heavy atom. The molecule has 1 heteroatoms. The molecule has 1 nitrogen and oxygen atoms in total. The molecule has 4 aliphatic rings. The van der Waals surface area contributed by atoms with Gasteiger partial charge in [0, 0.05) is 23.2 Å². The van der Waals surface area contributed by atoms with Crippen LogP contribution in [0.1, 0.15) is 74.6 Å². The number of aliphatic imine (C=N–C) groups is 1. The smallest absolute Gasteiger partial charge is 0.0664 e. The molecule has 0 amide bonds. The van der Waals surface area contributed by atoms with Crippen LogP contribution in [0.4, 0.5) is 0 Å². The van der Waals surface area contributed by atoms with Gasteiger partial charge in [0.15, 0.2) is 0 Å². The van der Waals surface area contributed by atoms with E-state index in [0.717, 1.165) is 36.9 Å². The fourth-order valence-corrected chi connectivity index (χ4v) is 10.8.